The van der Waals surface area contributed by atoms with Crippen LogP contribution in [0.25, 0.3) is 10.9 Å². The summed E-state index contributed by atoms with van der Waals surface area (Å²) in [5.74, 6) is 0.804. The Balaban J connectivity index is 1.53. The number of aromatic amines is 1. The minimum atomic E-state index is -0.827. The van der Waals surface area contributed by atoms with Crippen LogP contribution >= 0.6 is 11.3 Å². The van der Waals surface area contributed by atoms with Crippen molar-refractivity contribution in [2.45, 2.75) is 57.2 Å². The zero-order valence-corrected chi connectivity index (χ0v) is 23.3. The second-order valence-electron chi connectivity index (χ2n) is 10.00. The Kier molecular flexibility index (Phi) is 8.51. The van der Waals surface area contributed by atoms with E-state index in [0.717, 1.165) is 47.0 Å². The van der Waals surface area contributed by atoms with Gasteiger partial charge in [0.15, 0.2) is 11.5 Å². The summed E-state index contributed by atoms with van der Waals surface area (Å²) in [6.45, 7) is 0.329. The SMILES string of the molecule is COc1ccc([C@H](C(=O)NC2CCCCC2)N(Cc2cccs2)C(=O)Cc2c[nH]c3ccccc23)cc1OC. The van der Waals surface area contributed by atoms with E-state index in [1.54, 1.807) is 36.5 Å². The molecule has 0 saturated heterocycles. The van der Waals surface area contributed by atoms with Gasteiger partial charge in [0.2, 0.25) is 11.8 Å². The first-order valence-corrected chi connectivity index (χ1v) is 14.3. The van der Waals surface area contributed by atoms with Crippen LogP contribution in [0, 0.1) is 0 Å². The van der Waals surface area contributed by atoms with E-state index in [9.17, 15) is 9.59 Å². The summed E-state index contributed by atoms with van der Waals surface area (Å²) in [6.07, 6.45) is 7.38. The predicted octanol–water partition coefficient (Wildman–Crippen LogP) is 6.01. The fourth-order valence-corrected chi connectivity index (χ4v) is 6.16. The van der Waals surface area contributed by atoms with E-state index in [1.165, 1.54) is 6.42 Å². The number of methoxy groups -OCH3 is 2. The van der Waals surface area contributed by atoms with Crippen LogP contribution in [0.5, 0.6) is 11.5 Å². The number of carbonyl (C=O) groups is 2. The molecule has 5 rings (SSSR count). The van der Waals surface area contributed by atoms with Crippen LogP contribution in [0.1, 0.15) is 54.1 Å². The zero-order valence-electron chi connectivity index (χ0n) is 22.4. The number of fused-ring (bicyclic) bond motifs is 1. The van der Waals surface area contributed by atoms with Crippen molar-refractivity contribution in [2.75, 3.05) is 14.2 Å². The molecule has 8 heteroatoms. The van der Waals surface area contributed by atoms with E-state index < -0.39 is 6.04 Å². The molecule has 0 unspecified atom stereocenters. The maximum atomic E-state index is 14.2. The van der Waals surface area contributed by atoms with Gasteiger partial charge in [-0.1, -0.05) is 49.6 Å². The van der Waals surface area contributed by atoms with Gasteiger partial charge in [0.1, 0.15) is 6.04 Å². The van der Waals surface area contributed by atoms with Gasteiger partial charge in [0.05, 0.1) is 27.2 Å². The first-order valence-electron chi connectivity index (χ1n) is 13.5. The summed E-state index contributed by atoms with van der Waals surface area (Å²) in [4.78, 5) is 34.2. The standard InChI is InChI=1S/C31H35N3O4S/c1-37-27-15-14-21(17-28(27)38-2)30(31(36)33-23-9-4-3-5-10-23)34(20-24-11-8-16-39-24)29(35)18-22-19-32-26-13-7-6-12-25(22)26/h6-8,11-17,19,23,30,32H,3-5,9-10,18,20H2,1-2H3,(H,33,36)/t30-/m1/s1. The molecule has 2 N–H and O–H groups in total. The second kappa shape index (κ2) is 12.4. The van der Waals surface area contributed by atoms with Gasteiger partial charge in [-0.3, -0.25) is 9.59 Å². The Morgan fingerprint density at radius 2 is 1.82 bits per heavy atom. The van der Waals surface area contributed by atoms with Gasteiger partial charge in [-0.15, -0.1) is 11.3 Å². The maximum absolute atomic E-state index is 14.2. The molecule has 1 atom stereocenters. The average molecular weight is 546 g/mol. The minimum absolute atomic E-state index is 0.112. The van der Waals surface area contributed by atoms with Gasteiger partial charge in [0.25, 0.3) is 0 Å². The molecule has 0 bridgehead atoms. The fourth-order valence-electron chi connectivity index (χ4n) is 5.46. The molecule has 0 aliphatic heterocycles. The van der Waals surface area contributed by atoms with Crippen molar-refractivity contribution in [3.8, 4) is 11.5 Å². The number of aromatic nitrogens is 1. The van der Waals surface area contributed by atoms with Crippen LogP contribution in [0.2, 0.25) is 0 Å². The number of H-pyrrole nitrogens is 1. The molecule has 0 spiro atoms. The van der Waals surface area contributed by atoms with E-state index in [-0.39, 0.29) is 24.3 Å². The van der Waals surface area contributed by atoms with Crippen LogP contribution in [0.4, 0.5) is 0 Å². The molecule has 0 radical (unpaired) electrons. The normalized spacial score (nSPS) is 14.6. The lowest BCUT2D eigenvalue weighted by atomic mass is 9.94. The highest BCUT2D eigenvalue weighted by Gasteiger charge is 2.34. The Morgan fingerprint density at radius 3 is 2.56 bits per heavy atom. The number of nitrogens with one attached hydrogen (secondary N) is 2. The third-order valence-electron chi connectivity index (χ3n) is 7.48. The summed E-state index contributed by atoms with van der Waals surface area (Å²) < 4.78 is 11.0. The summed E-state index contributed by atoms with van der Waals surface area (Å²) in [6, 6.07) is 16.7. The van der Waals surface area contributed by atoms with Crippen LogP contribution < -0.4 is 14.8 Å². The van der Waals surface area contributed by atoms with E-state index in [4.69, 9.17) is 9.47 Å². The van der Waals surface area contributed by atoms with Gasteiger partial charge < -0.3 is 24.7 Å². The highest BCUT2D eigenvalue weighted by molar-refractivity contribution is 7.09. The van der Waals surface area contributed by atoms with Gasteiger partial charge in [-0.25, -0.2) is 0 Å². The van der Waals surface area contributed by atoms with Crippen LogP contribution in [-0.4, -0.2) is 42.0 Å². The molecule has 2 aromatic carbocycles. The fraction of sp³-hybridized carbons (Fsp3) is 0.355. The number of rotatable bonds is 10. The van der Waals surface area contributed by atoms with Gasteiger partial charge >= 0.3 is 0 Å². The quantitative estimate of drug-likeness (QED) is 0.256. The van der Waals surface area contributed by atoms with Crippen molar-refractivity contribution in [1.82, 2.24) is 15.2 Å². The van der Waals surface area contributed by atoms with Crippen molar-refractivity contribution in [3.63, 3.8) is 0 Å². The summed E-state index contributed by atoms with van der Waals surface area (Å²) in [7, 11) is 3.16. The van der Waals surface area contributed by atoms with Crippen LogP contribution in [-0.2, 0) is 22.6 Å². The molecule has 1 saturated carbocycles. The van der Waals surface area contributed by atoms with Crippen molar-refractivity contribution in [2.24, 2.45) is 0 Å². The summed E-state index contributed by atoms with van der Waals surface area (Å²) >= 11 is 1.58. The van der Waals surface area contributed by atoms with Crippen molar-refractivity contribution < 1.29 is 19.1 Å². The highest BCUT2D eigenvalue weighted by atomic mass is 32.1. The lowest BCUT2D eigenvalue weighted by Crippen LogP contribution is -2.47. The zero-order chi connectivity index (χ0) is 27.2. The molecule has 2 amide bonds. The second-order valence-corrected chi connectivity index (χ2v) is 11.0. The molecule has 1 aliphatic rings. The van der Waals surface area contributed by atoms with Crippen LogP contribution in [0.15, 0.2) is 66.2 Å². The van der Waals surface area contributed by atoms with E-state index in [0.29, 0.717) is 23.6 Å². The first-order chi connectivity index (χ1) is 19.1. The molecule has 2 aromatic heterocycles. The third-order valence-corrected chi connectivity index (χ3v) is 8.34. The maximum Gasteiger partial charge on any atom is 0.247 e. The molecule has 7 nitrogen and oxygen atoms in total. The monoisotopic (exact) mass is 545 g/mol. The van der Waals surface area contributed by atoms with E-state index in [2.05, 4.69) is 10.3 Å². The van der Waals surface area contributed by atoms with Gasteiger partial charge in [-0.05, 0) is 53.6 Å². The smallest absolute Gasteiger partial charge is 0.247 e. The van der Waals surface area contributed by atoms with Gasteiger partial charge in [0, 0.05) is 28.0 Å². The topological polar surface area (TPSA) is 83.7 Å². The van der Waals surface area contributed by atoms with Crippen molar-refractivity contribution >= 4 is 34.1 Å². The molecule has 1 fully saturated rings. The highest BCUT2D eigenvalue weighted by Crippen LogP contribution is 2.34. The van der Waals surface area contributed by atoms with Crippen molar-refractivity contribution in [1.29, 1.82) is 0 Å². The van der Waals surface area contributed by atoms with Crippen LogP contribution in [0.3, 0.4) is 0 Å². The number of para-hydroxylation sites is 1. The average Bonchev–Trinajstić information content (AvgIpc) is 3.63. The van der Waals surface area contributed by atoms with Crippen molar-refractivity contribution in [3.05, 3.63) is 82.2 Å². The minimum Gasteiger partial charge on any atom is -0.493 e. The molecule has 1 aliphatic carbocycles. The summed E-state index contributed by atoms with van der Waals surface area (Å²) in [5.41, 5.74) is 2.58. The Bertz CT molecular complexity index is 1410. The lowest BCUT2D eigenvalue weighted by molar-refractivity contribution is -0.141. The predicted molar refractivity (Wildman–Crippen MR) is 154 cm³/mol. The van der Waals surface area contributed by atoms with E-state index >= 15 is 0 Å². The molecular weight excluding hydrogens is 510 g/mol. The number of amides is 2. The summed E-state index contributed by atoms with van der Waals surface area (Å²) in [5, 5.41) is 6.28. The molecular formula is C31H35N3O4S. The number of benzene rings is 2. The Labute approximate surface area is 233 Å². The number of ether oxygens (including phenoxy) is 2. The Hall–Kier alpha value is -3.78. The molecule has 204 valence electrons. The number of thiophene rings is 1. The molecule has 4 aromatic rings. The molecule has 39 heavy (non-hydrogen) atoms. The Morgan fingerprint density at radius 1 is 1.03 bits per heavy atom. The number of carbonyl (C=O) groups excluding carboxylic acids is 2. The lowest BCUT2D eigenvalue weighted by Gasteiger charge is -2.33. The first kappa shape index (κ1) is 26.8. The number of hydrogen-bond acceptors (Lipinski definition) is 5. The van der Waals surface area contributed by atoms with Gasteiger partial charge in [-0.2, -0.15) is 0 Å². The largest absolute Gasteiger partial charge is 0.493 e. The molecule has 2 heterocycles. The number of hydrogen-bond donors (Lipinski definition) is 2. The number of nitrogens with zero attached hydrogens (tertiary/aromatic N) is 1. The van der Waals surface area contributed by atoms with E-state index in [1.807, 2.05) is 60.1 Å². The third kappa shape index (κ3) is 6.11.